The largest absolute Gasteiger partial charge is 0.497 e. The van der Waals surface area contributed by atoms with Crippen LogP contribution in [0.15, 0.2) is 24.3 Å². The minimum atomic E-state index is 0. The average molecular weight is 164 g/mol. The van der Waals surface area contributed by atoms with Crippen LogP contribution in [0.4, 0.5) is 0 Å². The first-order valence-corrected chi connectivity index (χ1v) is 4.04. The molecule has 0 heterocycles. The molecule has 0 saturated heterocycles. The summed E-state index contributed by atoms with van der Waals surface area (Å²) in [5.74, 6) is 1.81. The van der Waals surface area contributed by atoms with E-state index >= 15 is 0 Å². The zero-order chi connectivity index (χ0) is 7.68. The summed E-state index contributed by atoms with van der Waals surface area (Å²) in [7, 11) is 1.71. The lowest BCUT2D eigenvalue weighted by Crippen LogP contribution is -1.84. The Morgan fingerprint density at radius 2 is 2.08 bits per heavy atom. The Labute approximate surface area is 74.4 Å². The first-order chi connectivity index (χ1) is 5.40. The third-order valence-corrected chi connectivity index (χ3v) is 2.14. The third kappa shape index (κ3) is 1.79. The predicted molar refractivity (Wildman–Crippen MR) is 51.7 cm³/mol. The molecule has 12 heavy (non-hydrogen) atoms. The molecule has 2 rings (SSSR count). The van der Waals surface area contributed by atoms with Crippen molar-refractivity contribution in [2.75, 3.05) is 7.11 Å². The molecule has 0 N–H and O–H groups in total. The maximum atomic E-state index is 5.13. The van der Waals surface area contributed by atoms with Gasteiger partial charge in [-0.15, -0.1) is 0 Å². The lowest BCUT2D eigenvalue weighted by Gasteiger charge is -2.01. The highest BCUT2D eigenvalue weighted by Crippen LogP contribution is 2.40. The molecule has 0 amide bonds. The van der Waals surface area contributed by atoms with Crippen LogP contribution in [0.3, 0.4) is 0 Å². The van der Waals surface area contributed by atoms with Crippen LogP contribution in [0.5, 0.6) is 5.75 Å². The van der Waals surface area contributed by atoms with Gasteiger partial charge in [-0.1, -0.05) is 19.6 Å². The van der Waals surface area contributed by atoms with Crippen LogP contribution in [0, 0.1) is 0 Å². The van der Waals surface area contributed by atoms with Gasteiger partial charge >= 0.3 is 0 Å². The zero-order valence-electron chi connectivity index (χ0n) is 6.71. The van der Waals surface area contributed by atoms with Gasteiger partial charge < -0.3 is 4.74 Å². The van der Waals surface area contributed by atoms with Gasteiger partial charge in [0.2, 0.25) is 0 Å². The molecule has 1 aliphatic rings. The highest BCUT2D eigenvalue weighted by molar-refractivity contribution is 5.32. The Kier molecular flexibility index (Phi) is 2.74. The Morgan fingerprint density at radius 1 is 1.33 bits per heavy atom. The maximum Gasteiger partial charge on any atom is 0.119 e. The molecule has 1 aliphatic carbocycles. The van der Waals surface area contributed by atoms with Crippen molar-refractivity contribution >= 4 is 0 Å². The summed E-state index contributed by atoms with van der Waals surface area (Å²) in [6.07, 6.45) is 2.71. The number of rotatable bonds is 2. The predicted octanol–water partition coefficient (Wildman–Crippen LogP) is 3.21. The highest BCUT2D eigenvalue weighted by Gasteiger charge is 2.23. The van der Waals surface area contributed by atoms with Crippen molar-refractivity contribution in [1.29, 1.82) is 0 Å². The summed E-state index contributed by atoms with van der Waals surface area (Å²) in [6, 6.07) is 8.37. The second-order valence-corrected chi connectivity index (χ2v) is 3.05. The van der Waals surface area contributed by atoms with Gasteiger partial charge in [-0.05, 0) is 36.5 Å². The smallest absolute Gasteiger partial charge is 0.119 e. The molecule has 0 aliphatic heterocycles. The van der Waals surface area contributed by atoms with Crippen molar-refractivity contribution in [3.8, 4) is 5.75 Å². The quantitative estimate of drug-likeness (QED) is 0.652. The topological polar surface area (TPSA) is 9.23 Å². The van der Waals surface area contributed by atoms with E-state index in [-0.39, 0.29) is 7.43 Å². The normalized spacial score (nSPS) is 15.1. The SMILES string of the molecule is C.COc1cccc(C2CC2)c1. The van der Waals surface area contributed by atoms with Crippen LogP contribution < -0.4 is 4.74 Å². The van der Waals surface area contributed by atoms with Gasteiger partial charge in [0.15, 0.2) is 0 Å². The highest BCUT2D eigenvalue weighted by atomic mass is 16.5. The number of hydrogen-bond acceptors (Lipinski definition) is 1. The fraction of sp³-hybridized carbons (Fsp3) is 0.455. The van der Waals surface area contributed by atoms with Crippen molar-refractivity contribution in [2.45, 2.75) is 26.2 Å². The molecule has 0 bridgehead atoms. The molecular weight excluding hydrogens is 148 g/mol. The molecule has 1 nitrogen and oxygen atoms in total. The minimum Gasteiger partial charge on any atom is -0.497 e. The van der Waals surface area contributed by atoms with Crippen molar-refractivity contribution in [2.24, 2.45) is 0 Å². The second kappa shape index (κ2) is 3.61. The van der Waals surface area contributed by atoms with Crippen molar-refractivity contribution in [3.05, 3.63) is 29.8 Å². The molecule has 0 aromatic heterocycles. The molecule has 0 unspecified atom stereocenters. The molecule has 1 fully saturated rings. The van der Waals surface area contributed by atoms with Crippen LogP contribution in [-0.4, -0.2) is 7.11 Å². The average Bonchev–Trinajstić information content (AvgIpc) is 2.87. The minimum absolute atomic E-state index is 0. The number of ether oxygens (including phenoxy) is 1. The lowest BCUT2D eigenvalue weighted by atomic mass is 10.1. The summed E-state index contributed by atoms with van der Waals surface area (Å²) < 4.78 is 5.13. The van der Waals surface area contributed by atoms with Crippen LogP contribution in [0.1, 0.15) is 31.7 Å². The number of methoxy groups -OCH3 is 1. The molecule has 0 radical (unpaired) electrons. The molecule has 0 atom stereocenters. The van der Waals surface area contributed by atoms with Gasteiger partial charge in [0.25, 0.3) is 0 Å². The summed E-state index contributed by atoms with van der Waals surface area (Å²) in [6.45, 7) is 0. The van der Waals surface area contributed by atoms with E-state index in [2.05, 4.69) is 18.2 Å². The van der Waals surface area contributed by atoms with Crippen molar-refractivity contribution in [3.63, 3.8) is 0 Å². The van der Waals surface area contributed by atoms with Crippen molar-refractivity contribution in [1.82, 2.24) is 0 Å². The van der Waals surface area contributed by atoms with E-state index in [4.69, 9.17) is 4.74 Å². The van der Waals surface area contributed by atoms with Crippen LogP contribution in [0.2, 0.25) is 0 Å². The van der Waals surface area contributed by atoms with Crippen LogP contribution >= 0.6 is 0 Å². The molecule has 66 valence electrons. The first kappa shape index (κ1) is 9.11. The zero-order valence-corrected chi connectivity index (χ0v) is 6.71. The monoisotopic (exact) mass is 164 g/mol. The third-order valence-electron chi connectivity index (χ3n) is 2.14. The van der Waals surface area contributed by atoms with E-state index in [0.717, 1.165) is 11.7 Å². The second-order valence-electron chi connectivity index (χ2n) is 3.05. The summed E-state index contributed by atoms with van der Waals surface area (Å²) in [5.41, 5.74) is 1.43. The Balaban J connectivity index is 0.000000720. The molecule has 1 aromatic carbocycles. The Bertz CT molecular complexity index is 251. The van der Waals surface area contributed by atoms with Gasteiger partial charge in [-0.25, -0.2) is 0 Å². The Hall–Kier alpha value is -0.980. The van der Waals surface area contributed by atoms with Gasteiger partial charge in [-0.2, -0.15) is 0 Å². The van der Waals surface area contributed by atoms with E-state index in [1.165, 1.54) is 18.4 Å². The number of hydrogen-bond donors (Lipinski definition) is 0. The molecule has 0 spiro atoms. The van der Waals surface area contributed by atoms with Gasteiger partial charge in [0, 0.05) is 0 Å². The van der Waals surface area contributed by atoms with E-state index in [1.807, 2.05) is 6.07 Å². The lowest BCUT2D eigenvalue weighted by molar-refractivity contribution is 0.414. The first-order valence-electron chi connectivity index (χ1n) is 4.04. The molecule has 1 aromatic rings. The summed E-state index contributed by atoms with van der Waals surface area (Å²) in [5, 5.41) is 0. The van der Waals surface area contributed by atoms with Gasteiger partial charge in [0.1, 0.15) is 5.75 Å². The van der Waals surface area contributed by atoms with Crippen LogP contribution in [0.25, 0.3) is 0 Å². The number of benzene rings is 1. The molecule has 1 heteroatoms. The van der Waals surface area contributed by atoms with Gasteiger partial charge in [-0.3, -0.25) is 0 Å². The van der Waals surface area contributed by atoms with E-state index in [0.29, 0.717) is 0 Å². The van der Waals surface area contributed by atoms with Crippen LogP contribution in [-0.2, 0) is 0 Å². The molecular formula is C11H16O. The van der Waals surface area contributed by atoms with Crippen molar-refractivity contribution < 1.29 is 4.74 Å². The summed E-state index contributed by atoms with van der Waals surface area (Å²) >= 11 is 0. The molecule has 1 saturated carbocycles. The van der Waals surface area contributed by atoms with Gasteiger partial charge in [0.05, 0.1) is 7.11 Å². The van der Waals surface area contributed by atoms with E-state index in [9.17, 15) is 0 Å². The van der Waals surface area contributed by atoms with E-state index in [1.54, 1.807) is 7.11 Å². The standard InChI is InChI=1S/C10H12O.CH4/c1-11-10-4-2-3-9(7-10)8-5-6-8;/h2-4,7-8H,5-6H2,1H3;1H4. The maximum absolute atomic E-state index is 5.13. The fourth-order valence-electron chi connectivity index (χ4n) is 1.31. The fourth-order valence-corrected chi connectivity index (χ4v) is 1.31. The summed E-state index contributed by atoms with van der Waals surface area (Å²) in [4.78, 5) is 0. The van der Waals surface area contributed by atoms with E-state index < -0.39 is 0 Å². The Morgan fingerprint density at radius 3 is 2.67 bits per heavy atom.